The highest BCUT2D eigenvalue weighted by molar-refractivity contribution is 7.14. The zero-order valence-corrected chi connectivity index (χ0v) is 19.9. The molecule has 0 aromatic carbocycles. The highest BCUT2D eigenvalue weighted by Gasteiger charge is 2.27. The van der Waals surface area contributed by atoms with Crippen LogP contribution in [0.25, 0.3) is 0 Å². The Balaban J connectivity index is 1.59. The summed E-state index contributed by atoms with van der Waals surface area (Å²) in [4.78, 5) is 31.3. The minimum absolute atomic E-state index is 0.0245. The number of thiophene rings is 1. The molecule has 2 aromatic heterocycles. The van der Waals surface area contributed by atoms with Gasteiger partial charge in [0, 0.05) is 30.8 Å². The van der Waals surface area contributed by atoms with E-state index < -0.39 is 6.04 Å². The van der Waals surface area contributed by atoms with Crippen LogP contribution in [0.2, 0.25) is 5.02 Å². The summed E-state index contributed by atoms with van der Waals surface area (Å²) in [5.41, 5.74) is 1.71. The molecule has 32 heavy (non-hydrogen) atoms. The average molecular weight is 479 g/mol. The number of nitrogens with one attached hydrogen (secondary N) is 3. The number of aliphatic hydroxyl groups is 1. The molecule has 1 aliphatic rings. The van der Waals surface area contributed by atoms with Crippen molar-refractivity contribution in [2.45, 2.75) is 58.0 Å². The van der Waals surface area contributed by atoms with E-state index in [1.54, 1.807) is 12.3 Å². The van der Waals surface area contributed by atoms with E-state index in [9.17, 15) is 9.59 Å². The summed E-state index contributed by atoms with van der Waals surface area (Å²) in [6.45, 7) is 2.88. The van der Waals surface area contributed by atoms with Gasteiger partial charge in [-0.1, -0.05) is 37.3 Å². The van der Waals surface area contributed by atoms with Crippen LogP contribution in [0.4, 0.5) is 5.69 Å². The molecule has 0 bridgehead atoms. The predicted molar refractivity (Wildman–Crippen MR) is 128 cm³/mol. The molecule has 1 aliphatic carbocycles. The lowest BCUT2D eigenvalue weighted by Crippen LogP contribution is -2.47. The Morgan fingerprint density at radius 1 is 1.31 bits per heavy atom. The minimum Gasteiger partial charge on any atom is -0.396 e. The lowest BCUT2D eigenvalue weighted by molar-refractivity contribution is -0.123. The first kappa shape index (κ1) is 24.5. The first-order chi connectivity index (χ1) is 15.5. The molecule has 7 nitrogen and oxygen atoms in total. The molecule has 1 fully saturated rings. The number of anilines is 1. The van der Waals surface area contributed by atoms with Gasteiger partial charge in [-0.3, -0.25) is 14.6 Å². The molecule has 1 unspecified atom stereocenters. The number of rotatable bonds is 11. The summed E-state index contributed by atoms with van der Waals surface area (Å²) >= 11 is 7.42. The van der Waals surface area contributed by atoms with Gasteiger partial charge in [-0.2, -0.15) is 0 Å². The fourth-order valence-electron chi connectivity index (χ4n) is 3.92. The fourth-order valence-corrected chi connectivity index (χ4v) is 4.93. The van der Waals surface area contributed by atoms with Crippen molar-refractivity contribution in [3.63, 3.8) is 0 Å². The van der Waals surface area contributed by atoms with Gasteiger partial charge < -0.3 is 21.1 Å². The molecule has 0 spiro atoms. The zero-order valence-electron chi connectivity index (χ0n) is 18.3. The van der Waals surface area contributed by atoms with Crippen LogP contribution >= 0.6 is 22.9 Å². The van der Waals surface area contributed by atoms with Crippen molar-refractivity contribution < 1.29 is 14.7 Å². The first-order valence-corrected chi connectivity index (χ1v) is 12.3. The van der Waals surface area contributed by atoms with E-state index in [1.807, 2.05) is 19.1 Å². The number of nitrogens with zero attached hydrogens (tertiary/aromatic N) is 1. The quantitative estimate of drug-likeness (QED) is 0.367. The summed E-state index contributed by atoms with van der Waals surface area (Å²) in [5, 5.41) is 18.6. The van der Waals surface area contributed by atoms with Gasteiger partial charge in [0.25, 0.3) is 5.91 Å². The van der Waals surface area contributed by atoms with Gasteiger partial charge in [0.2, 0.25) is 5.91 Å². The van der Waals surface area contributed by atoms with Crippen LogP contribution in [0.1, 0.15) is 58.8 Å². The zero-order chi connectivity index (χ0) is 22.9. The molecule has 0 aliphatic heterocycles. The number of carbonyl (C=O) groups is 2. The molecule has 2 amide bonds. The predicted octanol–water partition coefficient (Wildman–Crippen LogP) is 3.89. The molecular formula is C23H31ClN4O3S. The largest absolute Gasteiger partial charge is 0.396 e. The number of carbonyl (C=O) groups excluding carboxylic acids is 2. The second-order valence-electron chi connectivity index (χ2n) is 8.19. The molecule has 0 saturated heterocycles. The summed E-state index contributed by atoms with van der Waals surface area (Å²) in [6.07, 6.45) is 7.32. The maximum atomic E-state index is 12.9. The second-order valence-corrected chi connectivity index (χ2v) is 9.79. The SMILES string of the molecule is Cc1ncc(Cl)cc1NCc1ccc(C(=O)NC(CC2CCCC2)C(=O)NCCCO)s1. The van der Waals surface area contributed by atoms with Gasteiger partial charge in [-0.25, -0.2) is 0 Å². The number of aromatic nitrogens is 1. The number of amides is 2. The Morgan fingerprint density at radius 3 is 2.84 bits per heavy atom. The second kappa shape index (κ2) is 12.2. The van der Waals surface area contributed by atoms with Crippen molar-refractivity contribution in [1.29, 1.82) is 0 Å². The average Bonchev–Trinajstić information content (AvgIpc) is 3.46. The number of halogens is 1. The molecule has 1 saturated carbocycles. The molecule has 9 heteroatoms. The smallest absolute Gasteiger partial charge is 0.262 e. The molecule has 4 N–H and O–H groups in total. The topological polar surface area (TPSA) is 103 Å². The maximum Gasteiger partial charge on any atom is 0.262 e. The number of aliphatic hydroxyl groups excluding tert-OH is 1. The van der Waals surface area contributed by atoms with Gasteiger partial charge in [0.1, 0.15) is 6.04 Å². The monoisotopic (exact) mass is 478 g/mol. The lowest BCUT2D eigenvalue weighted by atomic mass is 9.97. The minimum atomic E-state index is -0.562. The van der Waals surface area contributed by atoms with Crippen LogP contribution < -0.4 is 16.0 Å². The van der Waals surface area contributed by atoms with E-state index in [1.165, 1.54) is 24.2 Å². The number of hydrogen-bond donors (Lipinski definition) is 4. The Labute approximate surface area is 198 Å². The lowest BCUT2D eigenvalue weighted by Gasteiger charge is -2.21. The van der Waals surface area contributed by atoms with Crippen LogP contribution in [0.5, 0.6) is 0 Å². The molecule has 174 valence electrons. The normalized spacial score (nSPS) is 14.8. The molecule has 1 atom stereocenters. The van der Waals surface area contributed by atoms with Crippen molar-refractivity contribution in [2.24, 2.45) is 5.92 Å². The first-order valence-electron chi connectivity index (χ1n) is 11.1. The van der Waals surface area contributed by atoms with Crippen LogP contribution in [0.3, 0.4) is 0 Å². The number of aryl methyl sites for hydroxylation is 1. The van der Waals surface area contributed by atoms with E-state index in [4.69, 9.17) is 16.7 Å². The Hall–Kier alpha value is -2.16. The van der Waals surface area contributed by atoms with E-state index in [0.29, 0.717) is 41.7 Å². The van der Waals surface area contributed by atoms with Gasteiger partial charge in [-0.15, -0.1) is 11.3 Å². The van der Waals surface area contributed by atoms with Gasteiger partial charge in [-0.05, 0) is 43.9 Å². The van der Waals surface area contributed by atoms with Crippen molar-refractivity contribution in [3.8, 4) is 0 Å². The van der Waals surface area contributed by atoms with Crippen molar-refractivity contribution in [2.75, 3.05) is 18.5 Å². The van der Waals surface area contributed by atoms with Crippen LogP contribution in [-0.4, -0.2) is 41.1 Å². The summed E-state index contributed by atoms with van der Waals surface area (Å²) < 4.78 is 0. The Kier molecular flexibility index (Phi) is 9.32. The van der Waals surface area contributed by atoms with Gasteiger partial charge >= 0.3 is 0 Å². The Morgan fingerprint density at radius 2 is 2.09 bits per heavy atom. The standard InChI is InChI=1S/C23H31ClN4O3S/c1-15-19(12-17(24)13-26-15)27-14-18-7-8-21(32-18)23(31)28-20(11-16-5-2-3-6-16)22(30)25-9-4-10-29/h7-8,12-13,16,20,27,29H,2-6,9-11,14H2,1H3,(H,25,30)(H,28,31). The Bertz CT molecular complexity index is 914. The van der Waals surface area contributed by atoms with Gasteiger partial charge in [0.05, 0.1) is 21.3 Å². The molecular weight excluding hydrogens is 448 g/mol. The van der Waals surface area contributed by atoms with Gasteiger partial charge in [0.15, 0.2) is 0 Å². The summed E-state index contributed by atoms with van der Waals surface area (Å²) in [5.74, 6) is 0.0461. The summed E-state index contributed by atoms with van der Waals surface area (Å²) in [7, 11) is 0. The third kappa shape index (κ3) is 7.18. The van der Waals surface area contributed by atoms with Crippen LogP contribution in [0, 0.1) is 12.8 Å². The van der Waals surface area contributed by atoms with E-state index in [0.717, 1.165) is 29.1 Å². The van der Waals surface area contributed by atoms with E-state index in [-0.39, 0.29) is 18.4 Å². The van der Waals surface area contributed by atoms with Crippen LogP contribution in [-0.2, 0) is 11.3 Å². The van der Waals surface area contributed by atoms with E-state index >= 15 is 0 Å². The third-order valence-corrected chi connectivity index (χ3v) is 6.98. The maximum absolute atomic E-state index is 12.9. The molecule has 2 heterocycles. The third-order valence-electron chi connectivity index (χ3n) is 5.69. The number of pyridine rings is 1. The van der Waals surface area contributed by atoms with E-state index in [2.05, 4.69) is 20.9 Å². The van der Waals surface area contributed by atoms with Crippen LogP contribution in [0.15, 0.2) is 24.4 Å². The molecule has 0 radical (unpaired) electrons. The van der Waals surface area contributed by atoms with Crippen molar-refractivity contribution >= 4 is 40.4 Å². The highest BCUT2D eigenvalue weighted by Crippen LogP contribution is 2.29. The molecule has 3 rings (SSSR count). The van der Waals surface area contributed by atoms with Crippen molar-refractivity contribution in [1.82, 2.24) is 15.6 Å². The highest BCUT2D eigenvalue weighted by atomic mass is 35.5. The van der Waals surface area contributed by atoms with Crippen molar-refractivity contribution in [3.05, 3.63) is 44.9 Å². The molecule has 2 aromatic rings. The fraction of sp³-hybridized carbons (Fsp3) is 0.522. The number of hydrogen-bond acceptors (Lipinski definition) is 6. The summed E-state index contributed by atoms with van der Waals surface area (Å²) in [6, 6.07) is 4.96.